The number of carbonyl (C=O) groups excluding carboxylic acids is 4. The highest BCUT2D eigenvalue weighted by atomic mass is 16.2. The number of hydrogen-bond donors (Lipinski definition) is 3. The van der Waals surface area contributed by atoms with E-state index in [-0.39, 0.29) is 18.4 Å². The van der Waals surface area contributed by atoms with Crippen molar-refractivity contribution in [2.45, 2.75) is 25.4 Å². The zero-order chi connectivity index (χ0) is 22.9. The second-order valence-electron chi connectivity index (χ2n) is 8.28. The second-order valence-corrected chi connectivity index (χ2v) is 8.28. The lowest BCUT2D eigenvalue weighted by Gasteiger charge is -2.28. The molecule has 4 heterocycles. The number of aromatic nitrogens is 1. The van der Waals surface area contributed by atoms with E-state index in [1.165, 1.54) is 0 Å². The molecule has 0 aliphatic carbocycles. The van der Waals surface area contributed by atoms with Gasteiger partial charge in [-0.3, -0.25) is 29.4 Å². The highest BCUT2D eigenvalue weighted by molar-refractivity contribution is 6.24. The van der Waals surface area contributed by atoms with E-state index < -0.39 is 29.7 Å². The van der Waals surface area contributed by atoms with Gasteiger partial charge >= 0.3 is 0 Å². The number of piperidine rings is 1. The first kappa shape index (κ1) is 21.1. The number of hydrogen-bond acceptors (Lipinski definition) is 8. The Labute approximate surface area is 190 Å². The van der Waals surface area contributed by atoms with Crippen LogP contribution in [0.4, 0.5) is 11.5 Å². The maximum atomic E-state index is 13.2. The van der Waals surface area contributed by atoms with Crippen molar-refractivity contribution in [3.05, 3.63) is 53.2 Å². The van der Waals surface area contributed by atoms with E-state index in [0.717, 1.165) is 42.6 Å². The maximum absolute atomic E-state index is 13.2. The highest BCUT2D eigenvalue weighted by Crippen LogP contribution is 2.30. The topological polar surface area (TPSA) is 124 Å². The quantitative estimate of drug-likeness (QED) is 0.565. The molecular weight excluding hydrogens is 424 g/mol. The molecule has 10 nitrogen and oxygen atoms in total. The third kappa shape index (κ3) is 3.93. The molecule has 170 valence electrons. The largest absolute Gasteiger partial charge is 0.381 e. The van der Waals surface area contributed by atoms with E-state index in [1.54, 1.807) is 24.4 Å². The van der Waals surface area contributed by atoms with Crippen molar-refractivity contribution in [1.29, 1.82) is 0 Å². The molecular formula is C23H24N6O4. The first-order valence-corrected chi connectivity index (χ1v) is 11.0. The number of amides is 4. The number of fused-ring (bicyclic) bond motifs is 1. The minimum atomic E-state index is -0.974. The van der Waals surface area contributed by atoms with Crippen molar-refractivity contribution in [2.75, 3.05) is 36.4 Å². The van der Waals surface area contributed by atoms with Gasteiger partial charge < -0.3 is 15.5 Å². The van der Waals surface area contributed by atoms with E-state index in [0.29, 0.717) is 17.7 Å². The van der Waals surface area contributed by atoms with Crippen molar-refractivity contribution in [3.63, 3.8) is 0 Å². The average Bonchev–Trinajstić information content (AvgIpc) is 3.09. The van der Waals surface area contributed by atoms with Crippen LogP contribution in [0.5, 0.6) is 0 Å². The van der Waals surface area contributed by atoms with Gasteiger partial charge in [-0.05, 0) is 24.1 Å². The standard InChI is InChI=1S/C23H24N6O4/c30-19-5-4-17(21(31)27-19)29-22(32)16-3-1-2-14(20(16)23(29)33)13-26-15-6-7-25-18(12-15)28-10-8-24-9-11-28/h1-3,6-7,12,17,24H,4-5,8-11,13H2,(H,25,26)(H,27,30,31). The summed E-state index contributed by atoms with van der Waals surface area (Å²) in [4.78, 5) is 57.6. The van der Waals surface area contributed by atoms with E-state index in [9.17, 15) is 19.2 Å². The SMILES string of the molecule is O=C1CCC(N2C(=O)c3cccc(CNc4ccnc(N5CCNCC5)c4)c3C2=O)C(=O)N1. The predicted octanol–water partition coefficient (Wildman–Crippen LogP) is 0.505. The van der Waals surface area contributed by atoms with E-state index in [2.05, 4.69) is 25.8 Å². The summed E-state index contributed by atoms with van der Waals surface area (Å²) in [6, 6.07) is 7.98. The van der Waals surface area contributed by atoms with Crippen LogP contribution in [0, 0.1) is 0 Å². The lowest BCUT2D eigenvalue weighted by Crippen LogP contribution is -2.54. The van der Waals surface area contributed by atoms with Crippen LogP contribution in [0.1, 0.15) is 39.1 Å². The third-order valence-electron chi connectivity index (χ3n) is 6.22. The molecule has 1 atom stereocenters. The number of benzene rings is 1. The second kappa shape index (κ2) is 8.62. The van der Waals surface area contributed by atoms with Gasteiger partial charge in [-0.25, -0.2) is 4.98 Å². The van der Waals surface area contributed by atoms with Crippen molar-refractivity contribution in [1.82, 2.24) is 20.5 Å². The molecule has 2 aromatic rings. The molecule has 33 heavy (non-hydrogen) atoms. The molecule has 0 saturated carbocycles. The van der Waals surface area contributed by atoms with Crippen LogP contribution in [-0.4, -0.2) is 65.7 Å². The van der Waals surface area contributed by atoms with Gasteiger partial charge in [0, 0.05) is 57.1 Å². The van der Waals surface area contributed by atoms with Gasteiger partial charge in [-0.2, -0.15) is 0 Å². The Kier molecular flexibility index (Phi) is 5.51. The Balaban J connectivity index is 1.35. The minimum Gasteiger partial charge on any atom is -0.381 e. The summed E-state index contributed by atoms with van der Waals surface area (Å²) >= 11 is 0. The number of carbonyl (C=O) groups is 4. The van der Waals surface area contributed by atoms with Crippen LogP contribution in [0.2, 0.25) is 0 Å². The molecule has 1 unspecified atom stereocenters. The average molecular weight is 448 g/mol. The molecule has 10 heteroatoms. The number of nitrogens with zero attached hydrogens (tertiary/aromatic N) is 3. The van der Waals surface area contributed by atoms with Gasteiger partial charge in [-0.15, -0.1) is 0 Å². The number of rotatable bonds is 5. The highest BCUT2D eigenvalue weighted by Gasteiger charge is 2.45. The number of anilines is 2. The molecule has 1 aromatic heterocycles. The summed E-state index contributed by atoms with van der Waals surface area (Å²) in [6.45, 7) is 3.92. The van der Waals surface area contributed by atoms with Crippen LogP contribution >= 0.6 is 0 Å². The zero-order valence-electron chi connectivity index (χ0n) is 18.0. The first-order valence-electron chi connectivity index (χ1n) is 11.0. The molecule has 3 aliphatic rings. The lowest BCUT2D eigenvalue weighted by atomic mass is 10.0. The van der Waals surface area contributed by atoms with Crippen LogP contribution in [0.25, 0.3) is 0 Å². The lowest BCUT2D eigenvalue weighted by molar-refractivity contribution is -0.136. The smallest absolute Gasteiger partial charge is 0.262 e. The fraction of sp³-hybridized carbons (Fsp3) is 0.348. The van der Waals surface area contributed by atoms with E-state index in [4.69, 9.17) is 0 Å². The number of nitrogens with one attached hydrogen (secondary N) is 3. The number of pyridine rings is 1. The Morgan fingerprint density at radius 1 is 1.06 bits per heavy atom. The molecule has 0 radical (unpaired) electrons. The number of imide groups is 2. The normalized spacial score (nSPS) is 20.7. The predicted molar refractivity (Wildman–Crippen MR) is 120 cm³/mol. The molecule has 1 aromatic carbocycles. The zero-order valence-corrected chi connectivity index (χ0v) is 18.0. The van der Waals surface area contributed by atoms with Gasteiger partial charge in [0.2, 0.25) is 11.8 Å². The first-order chi connectivity index (χ1) is 16.0. The van der Waals surface area contributed by atoms with Crippen molar-refractivity contribution < 1.29 is 19.2 Å². The summed E-state index contributed by atoms with van der Waals surface area (Å²) in [5, 5.41) is 8.86. The van der Waals surface area contributed by atoms with Gasteiger partial charge in [0.1, 0.15) is 11.9 Å². The van der Waals surface area contributed by atoms with Crippen LogP contribution in [0.15, 0.2) is 36.5 Å². The third-order valence-corrected chi connectivity index (χ3v) is 6.22. The van der Waals surface area contributed by atoms with Crippen LogP contribution in [0.3, 0.4) is 0 Å². The van der Waals surface area contributed by atoms with Crippen molar-refractivity contribution >= 4 is 35.1 Å². The summed E-state index contributed by atoms with van der Waals surface area (Å²) in [5.74, 6) is -1.13. The molecule has 4 amide bonds. The van der Waals surface area contributed by atoms with Gasteiger partial charge in [0.15, 0.2) is 0 Å². The molecule has 3 N–H and O–H groups in total. The van der Waals surface area contributed by atoms with E-state index in [1.807, 2.05) is 12.1 Å². The monoisotopic (exact) mass is 448 g/mol. The Hall–Kier alpha value is -3.79. The Morgan fingerprint density at radius 2 is 1.88 bits per heavy atom. The molecule has 3 aliphatic heterocycles. The molecule has 0 spiro atoms. The van der Waals surface area contributed by atoms with Gasteiger partial charge in [0.25, 0.3) is 11.8 Å². The molecule has 2 fully saturated rings. The molecule has 5 rings (SSSR count). The fourth-order valence-electron chi connectivity index (χ4n) is 4.52. The molecule has 2 saturated heterocycles. The van der Waals surface area contributed by atoms with Crippen LogP contribution < -0.4 is 20.9 Å². The Bertz CT molecular complexity index is 1140. The maximum Gasteiger partial charge on any atom is 0.262 e. The summed E-state index contributed by atoms with van der Waals surface area (Å²) in [7, 11) is 0. The fourth-order valence-corrected chi connectivity index (χ4v) is 4.52. The Morgan fingerprint density at radius 3 is 2.67 bits per heavy atom. The minimum absolute atomic E-state index is 0.0929. The van der Waals surface area contributed by atoms with Gasteiger partial charge in [0.05, 0.1) is 11.1 Å². The summed E-state index contributed by atoms with van der Waals surface area (Å²) in [5.41, 5.74) is 2.10. The number of piperazine rings is 1. The van der Waals surface area contributed by atoms with E-state index >= 15 is 0 Å². The van der Waals surface area contributed by atoms with Crippen LogP contribution in [-0.2, 0) is 16.1 Å². The van der Waals surface area contributed by atoms with Crippen molar-refractivity contribution in [2.24, 2.45) is 0 Å². The molecule has 0 bridgehead atoms. The summed E-state index contributed by atoms with van der Waals surface area (Å²) < 4.78 is 0. The summed E-state index contributed by atoms with van der Waals surface area (Å²) in [6.07, 6.45) is 1.97. The van der Waals surface area contributed by atoms with Crippen molar-refractivity contribution in [3.8, 4) is 0 Å². The van der Waals surface area contributed by atoms with Gasteiger partial charge in [-0.1, -0.05) is 12.1 Å².